The molecule has 152 valence electrons. The number of hydrogen-bond acceptors (Lipinski definition) is 4. The number of unbranched alkanes of at least 4 members (excludes halogenated alkanes) is 1. The molecule has 0 amide bonds. The van der Waals surface area contributed by atoms with Crippen molar-refractivity contribution in [2.45, 2.75) is 37.7 Å². The zero-order valence-electron chi connectivity index (χ0n) is 16.5. The smallest absolute Gasteiger partial charge is 0.165 e. The van der Waals surface area contributed by atoms with Gasteiger partial charge in [-0.15, -0.1) is 0 Å². The molecule has 2 aromatic carbocycles. The molecule has 28 heavy (non-hydrogen) atoms. The van der Waals surface area contributed by atoms with Gasteiger partial charge in [-0.2, -0.15) is 0 Å². The Hall–Kier alpha value is -1.95. The van der Waals surface area contributed by atoms with E-state index in [2.05, 4.69) is 5.32 Å². The lowest BCUT2D eigenvalue weighted by Gasteiger charge is -2.40. The minimum absolute atomic E-state index is 0.0779. The van der Waals surface area contributed by atoms with Crippen LogP contribution in [0.25, 0.3) is 0 Å². The van der Waals surface area contributed by atoms with Crippen LogP contribution in [0.3, 0.4) is 0 Å². The lowest BCUT2D eigenvalue weighted by atomic mass is 9.74. The van der Waals surface area contributed by atoms with E-state index in [9.17, 15) is 9.50 Å². The van der Waals surface area contributed by atoms with Gasteiger partial charge in [0.05, 0.1) is 5.60 Å². The van der Waals surface area contributed by atoms with Crippen LogP contribution in [0.1, 0.15) is 37.7 Å². The molecule has 1 saturated heterocycles. The maximum absolute atomic E-state index is 14.1. The van der Waals surface area contributed by atoms with Gasteiger partial charge in [0, 0.05) is 31.7 Å². The summed E-state index contributed by atoms with van der Waals surface area (Å²) in [6.45, 7) is 2.41. The summed E-state index contributed by atoms with van der Waals surface area (Å²) >= 11 is 0. The van der Waals surface area contributed by atoms with Crippen molar-refractivity contribution in [2.24, 2.45) is 5.92 Å². The quantitative estimate of drug-likeness (QED) is 0.617. The molecule has 0 aromatic heterocycles. The van der Waals surface area contributed by atoms with Gasteiger partial charge >= 0.3 is 0 Å². The highest BCUT2D eigenvalue weighted by atomic mass is 19.1. The Kier molecular flexibility index (Phi) is 7.43. The normalized spacial score (nSPS) is 19.2. The van der Waals surface area contributed by atoms with Crippen molar-refractivity contribution in [3.05, 3.63) is 59.9 Å². The third-order valence-corrected chi connectivity index (χ3v) is 5.54. The van der Waals surface area contributed by atoms with Crippen molar-refractivity contribution < 1.29 is 19.0 Å². The summed E-state index contributed by atoms with van der Waals surface area (Å²) in [5.74, 6) is 0.334. The highest BCUT2D eigenvalue weighted by Gasteiger charge is 2.40. The third kappa shape index (κ3) is 4.90. The van der Waals surface area contributed by atoms with E-state index < -0.39 is 11.4 Å². The van der Waals surface area contributed by atoms with E-state index in [4.69, 9.17) is 9.47 Å². The average molecular weight is 387 g/mol. The van der Waals surface area contributed by atoms with Crippen LogP contribution in [0.4, 0.5) is 4.39 Å². The number of methoxy groups -OCH3 is 1. The summed E-state index contributed by atoms with van der Waals surface area (Å²) in [7, 11) is 1.69. The first-order valence-corrected chi connectivity index (χ1v) is 10.1. The maximum Gasteiger partial charge on any atom is 0.165 e. The van der Waals surface area contributed by atoms with Gasteiger partial charge in [-0.25, -0.2) is 4.39 Å². The fraction of sp³-hybridized carbons (Fsp3) is 0.478. The van der Waals surface area contributed by atoms with Crippen LogP contribution < -0.4 is 10.1 Å². The molecule has 1 heterocycles. The second kappa shape index (κ2) is 10.0. The van der Waals surface area contributed by atoms with Crippen molar-refractivity contribution in [1.82, 2.24) is 5.32 Å². The summed E-state index contributed by atoms with van der Waals surface area (Å²) in [6.07, 6.45) is 4.31. The lowest BCUT2D eigenvalue weighted by molar-refractivity contribution is -0.0447. The molecule has 5 heteroatoms. The van der Waals surface area contributed by atoms with Crippen LogP contribution in [-0.2, 0) is 10.3 Å². The fourth-order valence-electron chi connectivity index (χ4n) is 4.02. The number of nitrogens with one attached hydrogen (secondary N) is 1. The molecule has 1 fully saturated rings. The Morgan fingerprint density at radius 2 is 1.86 bits per heavy atom. The van der Waals surface area contributed by atoms with E-state index in [1.807, 2.05) is 18.2 Å². The molecule has 2 N–H and O–H groups in total. The van der Waals surface area contributed by atoms with E-state index in [1.54, 1.807) is 31.4 Å². The van der Waals surface area contributed by atoms with Crippen molar-refractivity contribution >= 4 is 0 Å². The van der Waals surface area contributed by atoms with Gasteiger partial charge in [0.2, 0.25) is 0 Å². The fourth-order valence-corrected chi connectivity index (χ4v) is 4.02. The zero-order chi connectivity index (χ0) is 19.8. The SMILES string of the molecule is COCCCC[C@@](O)(c1ccccc1Oc1ccccc1F)[C@@H]1CCCNC1. The van der Waals surface area contributed by atoms with Gasteiger partial charge in [0.1, 0.15) is 5.75 Å². The van der Waals surface area contributed by atoms with Crippen LogP contribution in [-0.4, -0.2) is 31.9 Å². The summed E-state index contributed by atoms with van der Waals surface area (Å²) in [5, 5.41) is 15.3. The summed E-state index contributed by atoms with van der Waals surface area (Å²) < 4.78 is 25.2. The van der Waals surface area contributed by atoms with Crippen LogP contribution in [0.2, 0.25) is 0 Å². The van der Waals surface area contributed by atoms with E-state index in [-0.39, 0.29) is 11.7 Å². The molecule has 0 bridgehead atoms. The predicted molar refractivity (Wildman–Crippen MR) is 108 cm³/mol. The number of halogens is 1. The second-order valence-electron chi connectivity index (χ2n) is 7.45. The molecule has 1 aliphatic rings. The Morgan fingerprint density at radius 3 is 2.57 bits per heavy atom. The minimum Gasteiger partial charge on any atom is -0.454 e. The topological polar surface area (TPSA) is 50.7 Å². The minimum atomic E-state index is -1.04. The second-order valence-corrected chi connectivity index (χ2v) is 7.45. The van der Waals surface area contributed by atoms with Crippen molar-refractivity contribution in [2.75, 3.05) is 26.8 Å². The number of ether oxygens (including phenoxy) is 2. The molecule has 1 aliphatic heterocycles. The summed E-state index contributed by atoms with van der Waals surface area (Å²) in [6, 6.07) is 13.8. The molecular weight excluding hydrogens is 357 g/mol. The van der Waals surface area contributed by atoms with Crippen molar-refractivity contribution in [3.8, 4) is 11.5 Å². The van der Waals surface area contributed by atoms with Gasteiger partial charge in [0.25, 0.3) is 0 Å². The molecule has 0 unspecified atom stereocenters. The number of benzene rings is 2. The largest absolute Gasteiger partial charge is 0.454 e. The van der Waals surface area contributed by atoms with E-state index >= 15 is 0 Å². The highest BCUT2D eigenvalue weighted by Crippen LogP contribution is 2.43. The number of piperidine rings is 1. The summed E-state index contributed by atoms with van der Waals surface area (Å²) in [5.41, 5.74) is -0.312. The monoisotopic (exact) mass is 387 g/mol. The van der Waals surface area contributed by atoms with Gasteiger partial charge in [-0.05, 0) is 56.8 Å². The van der Waals surface area contributed by atoms with Crippen LogP contribution >= 0.6 is 0 Å². The number of hydrogen-bond donors (Lipinski definition) is 2. The number of para-hydroxylation sites is 2. The molecule has 0 spiro atoms. The lowest BCUT2D eigenvalue weighted by Crippen LogP contribution is -2.44. The average Bonchev–Trinajstić information content (AvgIpc) is 2.74. The predicted octanol–water partition coefficient (Wildman–Crippen LogP) is 4.62. The molecule has 2 aromatic rings. The standard InChI is InChI=1S/C23H30FNO3/c1-27-16-7-6-14-23(26,18-9-8-15-25-17-18)19-10-2-4-12-21(19)28-22-13-5-3-11-20(22)24/h2-5,10-13,18,25-26H,6-9,14-17H2,1H3/t18-,23+/m1/s1. The molecule has 0 saturated carbocycles. The first kappa shape index (κ1) is 20.8. The Balaban J connectivity index is 1.91. The molecule has 0 radical (unpaired) electrons. The maximum atomic E-state index is 14.1. The highest BCUT2D eigenvalue weighted by molar-refractivity contribution is 5.42. The van der Waals surface area contributed by atoms with Crippen LogP contribution in [0.5, 0.6) is 11.5 Å². The van der Waals surface area contributed by atoms with Crippen LogP contribution in [0.15, 0.2) is 48.5 Å². The summed E-state index contributed by atoms with van der Waals surface area (Å²) in [4.78, 5) is 0. The van der Waals surface area contributed by atoms with Gasteiger partial charge in [0.15, 0.2) is 11.6 Å². The first-order valence-electron chi connectivity index (χ1n) is 10.1. The molecule has 3 rings (SSSR count). The number of rotatable bonds is 9. The molecule has 4 nitrogen and oxygen atoms in total. The van der Waals surface area contributed by atoms with Gasteiger partial charge in [-0.1, -0.05) is 30.3 Å². The molecule has 2 atom stereocenters. The van der Waals surface area contributed by atoms with Crippen LogP contribution in [0, 0.1) is 11.7 Å². The Bertz CT molecular complexity index is 748. The number of aliphatic hydroxyl groups is 1. The molecular formula is C23H30FNO3. The van der Waals surface area contributed by atoms with Gasteiger partial charge in [-0.3, -0.25) is 0 Å². The Labute approximate surface area is 166 Å². The van der Waals surface area contributed by atoms with E-state index in [0.29, 0.717) is 18.8 Å². The third-order valence-electron chi connectivity index (χ3n) is 5.54. The van der Waals surface area contributed by atoms with Crippen molar-refractivity contribution in [3.63, 3.8) is 0 Å². The van der Waals surface area contributed by atoms with Crippen molar-refractivity contribution in [1.29, 1.82) is 0 Å². The Morgan fingerprint density at radius 1 is 1.11 bits per heavy atom. The molecule has 0 aliphatic carbocycles. The first-order chi connectivity index (χ1) is 13.6. The van der Waals surface area contributed by atoms with Gasteiger partial charge < -0.3 is 19.9 Å². The van der Waals surface area contributed by atoms with E-state index in [1.165, 1.54) is 6.07 Å². The zero-order valence-corrected chi connectivity index (χ0v) is 16.5. The van der Waals surface area contributed by atoms with E-state index in [0.717, 1.165) is 44.3 Å².